The maximum absolute atomic E-state index is 11.2. The zero-order valence-corrected chi connectivity index (χ0v) is 10.1. The first-order valence-corrected chi connectivity index (χ1v) is 5.65. The molecule has 100 valence electrons. The normalized spacial score (nSPS) is 12.2. The highest BCUT2D eigenvalue weighted by molar-refractivity contribution is 5.73. The fraction of sp³-hybridized carbons (Fsp3) is 0.273. The number of hydrogen-bond donors (Lipinski definition) is 4. The average Bonchev–Trinajstić information content (AvgIpc) is 2.89. The molecule has 19 heavy (non-hydrogen) atoms. The van der Waals surface area contributed by atoms with Crippen molar-refractivity contribution in [3.63, 3.8) is 0 Å². The van der Waals surface area contributed by atoms with Crippen LogP contribution in [0.5, 0.6) is 0 Å². The van der Waals surface area contributed by atoms with Gasteiger partial charge in [-0.15, -0.1) is 0 Å². The largest absolute Gasteiger partial charge is 0.480 e. The molecule has 0 aliphatic carbocycles. The number of nitrogens with zero attached hydrogens (tertiary/aromatic N) is 3. The van der Waals surface area contributed by atoms with Crippen molar-refractivity contribution in [1.82, 2.24) is 25.3 Å². The van der Waals surface area contributed by atoms with Crippen molar-refractivity contribution in [1.29, 1.82) is 0 Å². The Bertz CT molecular complexity index is 525. The summed E-state index contributed by atoms with van der Waals surface area (Å²) in [5.74, 6) is -0.734. The first-order chi connectivity index (χ1) is 9.15. The molecular weight excluding hydrogens is 248 g/mol. The highest BCUT2D eigenvalue weighted by Crippen LogP contribution is 2.02. The van der Waals surface area contributed by atoms with Crippen LogP contribution >= 0.6 is 0 Å². The zero-order valence-electron chi connectivity index (χ0n) is 10.1. The van der Waals surface area contributed by atoms with Crippen LogP contribution in [-0.2, 0) is 17.8 Å². The molecule has 0 aliphatic heterocycles. The molecule has 0 saturated carbocycles. The van der Waals surface area contributed by atoms with Crippen LogP contribution < -0.4 is 11.1 Å². The smallest absolute Gasteiger partial charge is 0.321 e. The summed E-state index contributed by atoms with van der Waals surface area (Å²) in [5, 5.41) is 12.1. The van der Waals surface area contributed by atoms with Crippen molar-refractivity contribution in [2.24, 2.45) is 0 Å². The van der Waals surface area contributed by atoms with E-state index in [9.17, 15) is 4.79 Å². The van der Waals surface area contributed by atoms with Crippen molar-refractivity contribution < 1.29 is 9.90 Å². The molecule has 2 aromatic rings. The van der Waals surface area contributed by atoms with Crippen LogP contribution in [-0.4, -0.2) is 37.1 Å². The molecule has 8 heteroatoms. The Balaban J connectivity index is 1.93. The van der Waals surface area contributed by atoms with E-state index in [0.717, 1.165) is 11.3 Å². The van der Waals surface area contributed by atoms with Gasteiger partial charge in [-0.1, -0.05) is 0 Å². The zero-order chi connectivity index (χ0) is 13.7. The summed E-state index contributed by atoms with van der Waals surface area (Å²) < 4.78 is 0. The highest BCUT2D eigenvalue weighted by atomic mass is 16.4. The van der Waals surface area contributed by atoms with Gasteiger partial charge in [0.25, 0.3) is 0 Å². The maximum atomic E-state index is 11.2. The molecule has 0 amide bonds. The lowest BCUT2D eigenvalue weighted by Gasteiger charge is -2.13. The topological polar surface area (TPSA) is 130 Å². The van der Waals surface area contributed by atoms with E-state index >= 15 is 0 Å². The second-order valence-electron chi connectivity index (χ2n) is 4.00. The molecule has 0 spiro atoms. The number of hydrogen-bond acceptors (Lipinski definition) is 6. The second-order valence-corrected chi connectivity index (χ2v) is 4.00. The number of carboxylic acids is 1. The van der Waals surface area contributed by atoms with Gasteiger partial charge in [0.1, 0.15) is 6.04 Å². The summed E-state index contributed by atoms with van der Waals surface area (Å²) in [6, 6.07) is -0.710. The number of rotatable bonds is 6. The van der Waals surface area contributed by atoms with Crippen molar-refractivity contribution in [2.45, 2.75) is 19.0 Å². The Hall–Kier alpha value is -2.48. The number of aromatic amines is 1. The predicted octanol–water partition coefficient (Wildman–Crippen LogP) is -0.433. The number of carbonyl (C=O) groups is 1. The fourth-order valence-corrected chi connectivity index (χ4v) is 1.56. The van der Waals surface area contributed by atoms with Crippen LogP contribution in [0, 0.1) is 0 Å². The van der Waals surface area contributed by atoms with Crippen LogP contribution in [0.2, 0.25) is 0 Å². The summed E-state index contributed by atoms with van der Waals surface area (Å²) in [6.45, 7) is 0.353. The molecule has 0 radical (unpaired) electrons. The first-order valence-electron chi connectivity index (χ1n) is 5.65. The summed E-state index contributed by atoms with van der Waals surface area (Å²) >= 11 is 0. The lowest BCUT2D eigenvalue weighted by Crippen LogP contribution is -2.38. The summed E-state index contributed by atoms with van der Waals surface area (Å²) in [7, 11) is 0. The van der Waals surface area contributed by atoms with Gasteiger partial charge in [-0.2, -0.15) is 0 Å². The fourth-order valence-electron chi connectivity index (χ4n) is 1.56. The molecule has 8 nitrogen and oxygen atoms in total. The van der Waals surface area contributed by atoms with Gasteiger partial charge in [0, 0.05) is 42.8 Å². The highest BCUT2D eigenvalue weighted by Gasteiger charge is 2.17. The molecule has 0 aliphatic rings. The van der Waals surface area contributed by atoms with Crippen LogP contribution in [0.15, 0.2) is 24.9 Å². The monoisotopic (exact) mass is 262 g/mol. The Morgan fingerprint density at radius 3 is 2.74 bits per heavy atom. The standard InChI is InChI=1S/C11H14N6O2/c12-11-15-3-7(4-16-11)2-14-9(10(18)19)1-8-5-13-6-17-8/h3-6,9,14H,1-2H2,(H,13,17)(H,18,19)(H2,12,15,16)/t9-/m0/s1. The maximum Gasteiger partial charge on any atom is 0.321 e. The average molecular weight is 262 g/mol. The number of carboxylic acid groups (broad SMARTS) is 1. The van der Waals surface area contributed by atoms with E-state index < -0.39 is 12.0 Å². The first kappa shape index (κ1) is 13.0. The van der Waals surface area contributed by atoms with Gasteiger partial charge < -0.3 is 15.8 Å². The van der Waals surface area contributed by atoms with Crippen LogP contribution in [0.25, 0.3) is 0 Å². The van der Waals surface area contributed by atoms with Crippen molar-refractivity contribution in [2.75, 3.05) is 5.73 Å². The van der Waals surface area contributed by atoms with E-state index in [1.165, 1.54) is 6.33 Å². The van der Waals surface area contributed by atoms with E-state index in [4.69, 9.17) is 10.8 Å². The lowest BCUT2D eigenvalue weighted by molar-refractivity contribution is -0.139. The van der Waals surface area contributed by atoms with E-state index in [-0.39, 0.29) is 5.95 Å². The van der Waals surface area contributed by atoms with Gasteiger partial charge in [-0.25, -0.2) is 15.0 Å². The number of imidazole rings is 1. The van der Waals surface area contributed by atoms with Crippen LogP contribution in [0.1, 0.15) is 11.3 Å². The van der Waals surface area contributed by atoms with Crippen molar-refractivity contribution in [3.8, 4) is 0 Å². The van der Waals surface area contributed by atoms with E-state index in [1.807, 2.05) is 0 Å². The van der Waals surface area contributed by atoms with Gasteiger partial charge in [0.15, 0.2) is 0 Å². The molecule has 2 rings (SSSR count). The van der Waals surface area contributed by atoms with Crippen LogP contribution in [0.3, 0.4) is 0 Å². The predicted molar refractivity (Wildman–Crippen MR) is 67.0 cm³/mol. The summed E-state index contributed by atoms with van der Waals surface area (Å²) in [4.78, 5) is 25.6. The Labute approximate surface area is 109 Å². The van der Waals surface area contributed by atoms with E-state index in [1.54, 1.807) is 18.6 Å². The number of anilines is 1. The minimum absolute atomic E-state index is 0.191. The van der Waals surface area contributed by atoms with E-state index in [0.29, 0.717) is 13.0 Å². The van der Waals surface area contributed by atoms with Crippen molar-refractivity contribution in [3.05, 3.63) is 36.2 Å². The molecule has 1 atom stereocenters. The number of nitrogens with two attached hydrogens (primary N) is 1. The van der Waals surface area contributed by atoms with Gasteiger partial charge in [-0.3, -0.25) is 10.1 Å². The Morgan fingerprint density at radius 1 is 1.42 bits per heavy atom. The Kier molecular flexibility index (Phi) is 4.04. The molecule has 0 unspecified atom stereocenters. The third kappa shape index (κ3) is 3.75. The van der Waals surface area contributed by atoms with Crippen molar-refractivity contribution >= 4 is 11.9 Å². The molecule has 2 heterocycles. The number of H-pyrrole nitrogens is 1. The quantitative estimate of drug-likeness (QED) is 0.555. The number of aliphatic carboxylic acids is 1. The number of nitrogen functional groups attached to an aromatic ring is 1. The van der Waals surface area contributed by atoms with Gasteiger partial charge in [0.2, 0.25) is 5.95 Å². The third-order valence-corrected chi connectivity index (χ3v) is 2.55. The number of nitrogens with one attached hydrogen (secondary N) is 2. The summed E-state index contributed by atoms with van der Waals surface area (Å²) in [6.07, 6.45) is 6.56. The molecule has 5 N–H and O–H groups in total. The Morgan fingerprint density at radius 2 is 2.16 bits per heavy atom. The lowest BCUT2D eigenvalue weighted by atomic mass is 10.1. The molecule has 0 bridgehead atoms. The van der Waals surface area contributed by atoms with Crippen LogP contribution in [0.4, 0.5) is 5.95 Å². The molecule has 2 aromatic heterocycles. The SMILES string of the molecule is Nc1ncc(CN[C@@H](Cc2cnc[nH]2)C(=O)O)cn1. The second kappa shape index (κ2) is 5.91. The molecule has 0 saturated heterocycles. The number of aromatic nitrogens is 4. The summed E-state index contributed by atoms with van der Waals surface area (Å²) in [5.41, 5.74) is 6.90. The van der Waals surface area contributed by atoms with Gasteiger partial charge >= 0.3 is 5.97 Å². The van der Waals surface area contributed by atoms with E-state index in [2.05, 4.69) is 25.3 Å². The van der Waals surface area contributed by atoms with Gasteiger partial charge in [-0.05, 0) is 0 Å². The molecule has 0 fully saturated rings. The third-order valence-electron chi connectivity index (χ3n) is 2.55. The molecular formula is C11H14N6O2. The molecule has 0 aromatic carbocycles. The minimum Gasteiger partial charge on any atom is -0.480 e. The minimum atomic E-state index is -0.925. The van der Waals surface area contributed by atoms with Gasteiger partial charge in [0.05, 0.1) is 6.33 Å².